The minimum Gasteiger partial charge on any atom is -0.492 e. The van der Waals surface area contributed by atoms with Gasteiger partial charge in [-0.05, 0) is 86.4 Å². The number of hydrogen-bond acceptors (Lipinski definition) is 5. The van der Waals surface area contributed by atoms with Gasteiger partial charge in [-0.25, -0.2) is 8.42 Å². The van der Waals surface area contributed by atoms with Crippen molar-refractivity contribution in [3.63, 3.8) is 0 Å². The number of sulfonamides is 1. The summed E-state index contributed by atoms with van der Waals surface area (Å²) in [4.78, 5) is 12.6. The van der Waals surface area contributed by atoms with E-state index in [-0.39, 0.29) is 29.7 Å². The van der Waals surface area contributed by atoms with Crippen LogP contribution < -0.4 is 4.74 Å². The molecule has 7 heteroatoms. The number of hydrogen-bond donors (Lipinski definition) is 0. The molecule has 1 atom stereocenters. The van der Waals surface area contributed by atoms with Gasteiger partial charge in [0.15, 0.2) is 0 Å². The van der Waals surface area contributed by atoms with Gasteiger partial charge in [-0.3, -0.25) is 4.79 Å². The molecule has 0 heterocycles. The molecule has 38 heavy (non-hydrogen) atoms. The third-order valence-electron chi connectivity index (χ3n) is 6.82. The van der Waals surface area contributed by atoms with E-state index in [2.05, 4.69) is 19.1 Å². The smallest absolute Gasteiger partial charge is 0.306 e. The highest BCUT2D eigenvalue weighted by atomic mass is 32.2. The maximum atomic E-state index is 13.5. The minimum absolute atomic E-state index is 0.0476. The summed E-state index contributed by atoms with van der Waals surface area (Å²) in [7, 11) is -2.20. The van der Waals surface area contributed by atoms with Crippen molar-refractivity contribution < 1.29 is 22.7 Å². The van der Waals surface area contributed by atoms with Gasteiger partial charge in [-0.1, -0.05) is 54.6 Å². The van der Waals surface area contributed by atoms with Crippen molar-refractivity contribution in [3.05, 3.63) is 94.5 Å². The Labute approximate surface area is 227 Å². The number of rotatable bonds is 13. The molecule has 0 aliphatic carbocycles. The lowest BCUT2D eigenvalue weighted by Gasteiger charge is -2.22. The Morgan fingerprint density at radius 3 is 2.29 bits per heavy atom. The second-order valence-electron chi connectivity index (χ2n) is 9.50. The number of aryl methyl sites for hydroxylation is 3. The summed E-state index contributed by atoms with van der Waals surface area (Å²) in [5.41, 5.74) is 5.38. The monoisotopic (exact) mass is 537 g/mol. The van der Waals surface area contributed by atoms with Crippen LogP contribution in [-0.4, -0.2) is 39.0 Å². The molecule has 1 unspecified atom stereocenters. The highest BCUT2D eigenvalue weighted by Gasteiger charge is 2.26. The second kappa shape index (κ2) is 13.6. The van der Waals surface area contributed by atoms with Crippen LogP contribution >= 0.6 is 0 Å². The standard InChI is InChI=1S/C31H39NO5S/c1-6-36-29-14-10-11-15-30(29)38(34,35)32(5)22-28-20-26(17-16-24(28)4)27(21-31(33)37-7-2)19-18-25-13-9-8-12-23(25)3/h8-17,20,27H,6-7,18-19,21-22H2,1-5H3. The van der Waals surface area contributed by atoms with Gasteiger partial charge in [0.1, 0.15) is 10.6 Å². The first-order valence-corrected chi connectivity index (χ1v) is 14.6. The molecule has 0 aliphatic heterocycles. The minimum atomic E-state index is -3.78. The lowest BCUT2D eigenvalue weighted by molar-refractivity contribution is -0.143. The fraction of sp³-hybridized carbons (Fsp3) is 0.387. The van der Waals surface area contributed by atoms with E-state index < -0.39 is 10.0 Å². The summed E-state index contributed by atoms with van der Waals surface area (Å²) in [6, 6.07) is 21.1. The van der Waals surface area contributed by atoms with Crippen LogP contribution in [0, 0.1) is 13.8 Å². The first kappa shape index (κ1) is 29.4. The first-order valence-electron chi connectivity index (χ1n) is 13.1. The van der Waals surface area contributed by atoms with Gasteiger partial charge in [0.25, 0.3) is 0 Å². The number of para-hydroxylation sites is 1. The maximum Gasteiger partial charge on any atom is 0.306 e. The Bertz CT molecular complexity index is 1340. The largest absolute Gasteiger partial charge is 0.492 e. The van der Waals surface area contributed by atoms with Gasteiger partial charge >= 0.3 is 5.97 Å². The molecule has 3 rings (SSSR count). The van der Waals surface area contributed by atoms with Crippen molar-refractivity contribution in [3.8, 4) is 5.75 Å². The van der Waals surface area contributed by atoms with Crippen molar-refractivity contribution in [2.24, 2.45) is 0 Å². The number of carbonyl (C=O) groups is 1. The van der Waals surface area contributed by atoms with Gasteiger partial charge < -0.3 is 9.47 Å². The Morgan fingerprint density at radius 1 is 0.895 bits per heavy atom. The van der Waals surface area contributed by atoms with E-state index in [1.807, 2.05) is 51.1 Å². The van der Waals surface area contributed by atoms with Crippen LogP contribution in [-0.2, 0) is 32.5 Å². The number of ether oxygens (including phenoxy) is 2. The lowest BCUT2D eigenvalue weighted by atomic mass is 9.87. The molecule has 0 saturated heterocycles. The van der Waals surface area contributed by atoms with Crippen LogP contribution in [0.4, 0.5) is 0 Å². The first-order chi connectivity index (χ1) is 18.2. The number of carbonyl (C=O) groups excluding carboxylic acids is 1. The molecule has 0 radical (unpaired) electrons. The SMILES string of the molecule is CCOC(=O)CC(CCc1ccccc1C)c1ccc(C)c(CN(C)S(=O)(=O)c2ccccc2OCC)c1. The normalized spacial score (nSPS) is 12.4. The summed E-state index contributed by atoms with van der Waals surface area (Å²) in [6.07, 6.45) is 1.89. The van der Waals surface area contributed by atoms with Crippen LogP contribution in [0.1, 0.15) is 60.4 Å². The van der Waals surface area contributed by atoms with Crippen LogP contribution in [0.2, 0.25) is 0 Å². The third-order valence-corrected chi connectivity index (χ3v) is 8.66. The molecule has 0 bridgehead atoms. The van der Waals surface area contributed by atoms with E-state index in [1.54, 1.807) is 31.3 Å². The average molecular weight is 538 g/mol. The summed E-state index contributed by atoms with van der Waals surface area (Å²) in [5.74, 6) is 0.0725. The van der Waals surface area contributed by atoms with E-state index in [0.29, 0.717) is 19.0 Å². The zero-order chi connectivity index (χ0) is 27.7. The predicted molar refractivity (Wildman–Crippen MR) is 151 cm³/mol. The predicted octanol–water partition coefficient (Wildman–Crippen LogP) is 6.19. The van der Waals surface area contributed by atoms with Crippen LogP contribution in [0.5, 0.6) is 5.75 Å². The quantitative estimate of drug-likeness (QED) is 0.243. The molecule has 0 aromatic heterocycles. The molecule has 204 valence electrons. The van der Waals surface area contributed by atoms with Crippen LogP contribution in [0.3, 0.4) is 0 Å². The summed E-state index contributed by atoms with van der Waals surface area (Å²) < 4.78 is 39.1. The highest BCUT2D eigenvalue weighted by molar-refractivity contribution is 7.89. The Hall–Kier alpha value is -3.16. The van der Waals surface area contributed by atoms with Gasteiger partial charge in [-0.15, -0.1) is 0 Å². The van der Waals surface area contributed by atoms with Crippen LogP contribution in [0.15, 0.2) is 71.6 Å². The molecule has 0 spiro atoms. The Kier molecular flexibility index (Phi) is 10.5. The molecule has 0 amide bonds. The maximum absolute atomic E-state index is 13.5. The van der Waals surface area contributed by atoms with Gasteiger partial charge in [0, 0.05) is 13.6 Å². The van der Waals surface area contributed by atoms with E-state index in [9.17, 15) is 13.2 Å². The van der Waals surface area contributed by atoms with E-state index in [4.69, 9.17) is 9.47 Å². The molecule has 0 aliphatic rings. The molecule has 0 N–H and O–H groups in total. The topological polar surface area (TPSA) is 72.9 Å². The number of benzene rings is 3. The molecule has 3 aromatic rings. The van der Waals surface area contributed by atoms with Gasteiger partial charge in [0.2, 0.25) is 10.0 Å². The Balaban J connectivity index is 1.88. The average Bonchev–Trinajstić information content (AvgIpc) is 2.89. The number of nitrogens with zero attached hydrogens (tertiary/aromatic N) is 1. The lowest BCUT2D eigenvalue weighted by Crippen LogP contribution is -2.27. The molecular formula is C31H39NO5S. The van der Waals surface area contributed by atoms with Crippen LogP contribution in [0.25, 0.3) is 0 Å². The van der Waals surface area contributed by atoms with E-state index in [1.165, 1.54) is 15.4 Å². The molecule has 6 nitrogen and oxygen atoms in total. The zero-order valence-corrected chi connectivity index (χ0v) is 23.9. The third kappa shape index (κ3) is 7.45. The van der Waals surface area contributed by atoms with Crippen molar-refractivity contribution in [1.82, 2.24) is 4.31 Å². The Morgan fingerprint density at radius 2 is 1.58 bits per heavy atom. The molecule has 3 aromatic carbocycles. The zero-order valence-electron chi connectivity index (χ0n) is 23.1. The fourth-order valence-corrected chi connectivity index (χ4v) is 5.85. The van der Waals surface area contributed by atoms with Crippen molar-refractivity contribution in [1.29, 1.82) is 0 Å². The summed E-state index contributed by atoms with van der Waals surface area (Å²) >= 11 is 0. The second-order valence-corrected chi connectivity index (χ2v) is 11.5. The molecule has 0 fully saturated rings. The summed E-state index contributed by atoms with van der Waals surface area (Å²) in [5, 5.41) is 0. The van der Waals surface area contributed by atoms with E-state index >= 15 is 0 Å². The van der Waals surface area contributed by atoms with Gasteiger partial charge in [-0.2, -0.15) is 4.31 Å². The van der Waals surface area contributed by atoms with Crippen molar-refractivity contribution >= 4 is 16.0 Å². The van der Waals surface area contributed by atoms with Crippen molar-refractivity contribution in [2.75, 3.05) is 20.3 Å². The molecule has 0 saturated carbocycles. The van der Waals surface area contributed by atoms with Crippen molar-refractivity contribution in [2.45, 2.75) is 64.3 Å². The van der Waals surface area contributed by atoms with E-state index in [0.717, 1.165) is 29.5 Å². The number of esters is 1. The fourth-order valence-electron chi connectivity index (χ4n) is 4.57. The summed E-state index contributed by atoms with van der Waals surface area (Å²) in [6.45, 7) is 8.63. The molecular weight excluding hydrogens is 498 g/mol. The van der Waals surface area contributed by atoms with Gasteiger partial charge in [0.05, 0.1) is 19.6 Å². The highest BCUT2D eigenvalue weighted by Crippen LogP contribution is 2.31.